The summed E-state index contributed by atoms with van der Waals surface area (Å²) in [6.07, 6.45) is -0.727. The number of ether oxygens (including phenoxy) is 1. The van der Waals surface area contributed by atoms with E-state index in [9.17, 15) is 27.6 Å². The van der Waals surface area contributed by atoms with Crippen LogP contribution in [0.25, 0.3) is 11.1 Å². The predicted octanol–water partition coefficient (Wildman–Crippen LogP) is 2.97. The second-order valence-corrected chi connectivity index (χ2v) is 5.79. The van der Waals surface area contributed by atoms with Gasteiger partial charge in [0.25, 0.3) is 0 Å². The van der Waals surface area contributed by atoms with E-state index >= 15 is 0 Å². The first-order valence-corrected chi connectivity index (χ1v) is 8.06. The Labute approximate surface area is 157 Å². The summed E-state index contributed by atoms with van der Waals surface area (Å²) < 4.78 is 44.5. The molecule has 0 aliphatic rings. The third-order valence-electron chi connectivity index (χ3n) is 3.87. The van der Waals surface area contributed by atoms with E-state index in [2.05, 4.69) is 10.1 Å². The Morgan fingerprint density at radius 2 is 1.57 bits per heavy atom. The summed E-state index contributed by atoms with van der Waals surface area (Å²) in [4.78, 5) is 34.4. The van der Waals surface area contributed by atoms with E-state index in [0.717, 1.165) is 19.2 Å². The zero-order valence-electron chi connectivity index (χ0n) is 14.7. The molecule has 6 nitrogen and oxygen atoms in total. The van der Waals surface area contributed by atoms with Crippen LogP contribution in [-0.2, 0) is 19.1 Å². The fourth-order valence-electron chi connectivity index (χ4n) is 2.44. The van der Waals surface area contributed by atoms with Crippen LogP contribution in [0.2, 0.25) is 0 Å². The molecule has 0 aliphatic heterocycles. The first-order chi connectivity index (χ1) is 13.2. The molecule has 0 heterocycles. The highest BCUT2D eigenvalue weighted by Crippen LogP contribution is 2.26. The zero-order valence-corrected chi connectivity index (χ0v) is 14.7. The molecule has 1 unspecified atom stereocenters. The minimum Gasteiger partial charge on any atom is -0.481 e. The lowest BCUT2D eigenvalue weighted by atomic mass is 10.00. The van der Waals surface area contributed by atoms with Gasteiger partial charge in [0.05, 0.1) is 13.5 Å². The lowest BCUT2D eigenvalue weighted by molar-refractivity contribution is -0.145. The van der Waals surface area contributed by atoms with Crippen LogP contribution in [-0.4, -0.2) is 30.1 Å². The average Bonchev–Trinajstić information content (AvgIpc) is 2.67. The number of aliphatic carboxylic acids is 1. The molecule has 1 atom stereocenters. The summed E-state index contributed by atoms with van der Waals surface area (Å²) in [6.45, 7) is 0. The molecular formula is C19H16F3NO5. The van der Waals surface area contributed by atoms with Gasteiger partial charge < -0.3 is 15.2 Å². The summed E-state index contributed by atoms with van der Waals surface area (Å²) >= 11 is 0. The number of carbonyl (C=O) groups is 3. The smallest absolute Gasteiger partial charge is 0.333 e. The molecule has 0 fully saturated rings. The molecule has 0 saturated heterocycles. The molecule has 1 amide bonds. The van der Waals surface area contributed by atoms with Crippen molar-refractivity contribution in [2.24, 2.45) is 0 Å². The number of amides is 1. The number of carbonyl (C=O) groups excluding carboxylic acids is 2. The van der Waals surface area contributed by atoms with E-state index in [1.54, 1.807) is 0 Å². The number of carboxylic acid groups (broad SMARTS) is 1. The van der Waals surface area contributed by atoms with Gasteiger partial charge in [0.2, 0.25) is 5.91 Å². The molecule has 2 N–H and O–H groups in total. The van der Waals surface area contributed by atoms with Crippen LogP contribution >= 0.6 is 0 Å². The number of esters is 1. The zero-order chi connectivity index (χ0) is 20.8. The van der Waals surface area contributed by atoms with E-state index in [1.165, 1.54) is 24.3 Å². The normalized spacial score (nSPS) is 11.6. The Kier molecular flexibility index (Phi) is 6.75. The molecule has 0 radical (unpaired) electrons. The molecule has 9 heteroatoms. The van der Waals surface area contributed by atoms with E-state index in [1.807, 2.05) is 0 Å². The third-order valence-corrected chi connectivity index (χ3v) is 3.87. The van der Waals surface area contributed by atoms with Crippen molar-refractivity contribution in [2.75, 3.05) is 7.11 Å². The maximum Gasteiger partial charge on any atom is 0.333 e. The number of hydrogen-bond acceptors (Lipinski definition) is 4. The second kappa shape index (κ2) is 9.03. The maximum atomic E-state index is 13.4. The monoisotopic (exact) mass is 395 g/mol. The topological polar surface area (TPSA) is 92.7 Å². The van der Waals surface area contributed by atoms with E-state index < -0.39 is 47.8 Å². The number of carboxylic acids is 1. The molecule has 28 heavy (non-hydrogen) atoms. The molecule has 2 rings (SSSR count). The molecule has 0 aliphatic carbocycles. The molecule has 2 aromatic carbocycles. The second-order valence-electron chi connectivity index (χ2n) is 5.79. The predicted molar refractivity (Wildman–Crippen MR) is 91.5 cm³/mol. The van der Waals surface area contributed by atoms with Crippen LogP contribution in [0.5, 0.6) is 0 Å². The van der Waals surface area contributed by atoms with E-state index in [0.29, 0.717) is 11.1 Å². The van der Waals surface area contributed by atoms with Crippen molar-refractivity contribution in [3.05, 3.63) is 59.4 Å². The van der Waals surface area contributed by atoms with Crippen molar-refractivity contribution < 1.29 is 37.4 Å². The number of nitrogens with one attached hydrogen (secondary N) is 1. The van der Waals surface area contributed by atoms with Crippen molar-refractivity contribution in [3.8, 4) is 11.1 Å². The van der Waals surface area contributed by atoms with Crippen molar-refractivity contribution in [3.63, 3.8) is 0 Å². The lowest BCUT2D eigenvalue weighted by Crippen LogP contribution is -2.34. The van der Waals surface area contributed by atoms with Crippen LogP contribution in [0, 0.1) is 17.5 Å². The Morgan fingerprint density at radius 1 is 1.00 bits per heavy atom. The van der Waals surface area contributed by atoms with Crippen LogP contribution < -0.4 is 5.32 Å². The van der Waals surface area contributed by atoms with Crippen LogP contribution in [0.4, 0.5) is 13.2 Å². The summed E-state index contributed by atoms with van der Waals surface area (Å²) in [5.74, 6) is -6.85. The van der Waals surface area contributed by atoms with Gasteiger partial charge in [-0.2, -0.15) is 0 Å². The van der Waals surface area contributed by atoms with Gasteiger partial charge >= 0.3 is 11.9 Å². The van der Waals surface area contributed by atoms with Gasteiger partial charge in [-0.25, -0.2) is 18.0 Å². The summed E-state index contributed by atoms with van der Waals surface area (Å²) in [5.41, 5.74) is 0.743. The van der Waals surface area contributed by atoms with E-state index in [-0.39, 0.29) is 12.0 Å². The molecule has 0 saturated carbocycles. The number of methoxy groups -OCH3 is 1. The largest absolute Gasteiger partial charge is 0.481 e. The maximum absolute atomic E-state index is 13.4. The molecule has 0 spiro atoms. The van der Waals surface area contributed by atoms with Gasteiger partial charge in [-0.1, -0.05) is 24.3 Å². The van der Waals surface area contributed by atoms with Crippen molar-refractivity contribution >= 4 is 17.8 Å². The van der Waals surface area contributed by atoms with Crippen molar-refractivity contribution in [2.45, 2.75) is 18.9 Å². The third kappa shape index (κ3) is 5.09. The quantitative estimate of drug-likeness (QED) is 0.556. The van der Waals surface area contributed by atoms with Crippen molar-refractivity contribution in [1.29, 1.82) is 0 Å². The minimum absolute atomic E-state index is 0.0862. The Balaban J connectivity index is 2.25. The molecule has 2 aromatic rings. The molecule has 148 valence electrons. The van der Waals surface area contributed by atoms with E-state index in [4.69, 9.17) is 5.11 Å². The Morgan fingerprint density at radius 3 is 2.07 bits per heavy atom. The van der Waals surface area contributed by atoms with Gasteiger partial charge in [-0.15, -0.1) is 0 Å². The van der Waals surface area contributed by atoms with Crippen LogP contribution in [0.3, 0.4) is 0 Å². The molecule has 0 bridgehead atoms. The van der Waals surface area contributed by atoms with Gasteiger partial charge in [-0.05, 0) is 28.8 Å². The van der Waals surface area contributed by atoms with Gasteiger partial charge in [0.15, 0.2) is 23.5 Å². The van der Waals surface area contributed by atoms with Gasteiger partial charge in [-0.3, -0.25) is 9.59 Å². The fourth-order valence-corrected chi connectivity index (χ4v) is 2.44. The van der Waals surface area contributed by atoms with Crippen LogP contribution in [0.15, 0.2) is 36.4 Å². The summed E-state index contributed by atoms with van der Waals surface area (Å²) in [7, 11) is 1.12. The van der Waals surface area contributed by atoms with Crippen LogP contribution in [0.1, 0.15) is 24.4 Å². The average molecular weight is 395 g/mol. The highest BCUT2D eigenvalue weighted by molar-refractivity contribution is 5.87. The highest BCUT2D eigenvalue weighted by Gasteiger charge is 2.24. The summed E-state index contributed by atoms with van der Waals surface area (Å²) in [6, 6.07) is 6.18. The SMILES string of the molecule is COC(=O)C(NC(=O)CCC(=O)O)c1ccc(-c2cc(F)c(F)c(F)c2)cc1. The van der Waals surface area contributed by atoms with Gasteiger partial charge in [0, 0.05) is 6.42 Å². The molecule has 0 aromatic heterocycles. The number of rotatable bonds is 7. The minimum atomic E-state index is -1.57. The number of halogens is 3. The van der Waals surface area contributed by atoms with Gasteiger partial charge in [0.1, 0.15) is 0 Å². The lowest BCUT2D eigenvalue weighted by Gasteiger charge is -2.17. The first-order valence-electron chi connectivity index (χ1n) is 8.06. The number of hydrogen-bond donors (Lipinski definition) is 2. The first kappa shape index (κ1) is 20.9. The Hall–Kier alpha value is -3.36. The standard InChI is InChI=1S/C19H16F3NO5/c1-28-19(27)18(23-15(24)6-7-16(25)26)11-4-2-10(3-5-11)12-8-13(20)17(22)14(21)9-12/h2-5,8-9,18H,6-7H2,1H3,(H,23,24)(H,25,26). The fraction of sp³-hybridized carbons (Fsp3) is 0.211. The number of benzene rings is 2. The highest BCUT2D eigenvalue weighted by atomic mass is 19.2. The molecular weight excluding hydrogens is 379 g/mol. The van der Waals surface area contributed by atoms with Crippen molar-refractivity contribution in [1.82, 2.24) is 5.32 Å². The summed E-state index contributed by atoms with van der Waals surface area (Å²) in [5, 5.41) is 11.0. The Bertz CT molecular complexity index is 876.